The Bertz CT molecular complexity index is 660. The second-order valence-electron chi connectivity index (χ2n) is 3.85. The van der Waals surface area contributed by atoms with Crippen molar-refractivity contribution < 1.29 is 0 Å². The molecular weight excluding hydrogens is 226 g/mol. The lowest BCUT2D eigenvalue weighted by molar-refractivity contribution is 0.969. The molecular formula is C13H11N5. The van der Waals surface area contributed by atoms with Crippen molar-refractivity contribution in [1.29, 1.82) is 0 Å². The Morgan fingerprint density at radius 1 is 1.06 bits per heavy atom. The summed E-state index contributed by atoms with van der Waals surface area (Å²) in [6.45, 7) is 1.96. The van der Waals surface area contributed by atoms with E-state index < -0.39 is 0 Å². The summed E-state index contributed by atoms with van der Waals surface area (Å²) in [5, 5.41) is 0. The fourth-order valence-corrected chi connectivity index (χ4v) is 1.77. The smallest absolute Gasteiger partial charge is 0.164 e. The van der Waals surface area contributed by atoms with E-state index in [4.69, 9.17) is 0 Å². The molecule has 0 aliphatic rings. The largest absolute Gasteiger partial charge is 0.282 e. The van der Waals surface area contributed by atoms with E-state index in [0.29, 0.717) is 0 Å². The van der Waals surface area contributed by atoms with Gasteiger partial charge in [-0.3, -0.25) is 4.57 Å². The molecule has 88 valence electrons. The molecule has 0 unspecified atom stereocenters. The van der Waals surface area contributed by atoms with Gasteiger partial charge in [-0.25, -0.2) is 19.9 Å². The van der Waals surface area contributed by atoms with Gasteiger partial charge in [0.25, 0.3) is 0 Å². The number of hydrogen-bond acceptors (Lipinski definition) is 4. The fourth-order valence-electron chi connectivity index (χ4n) is 1.77. The number of aromatic nitrogens is 5. The first-order chi connectivity index (χ1) is 8.84. The third kappa shape index (κ3) is 1.86. The van der Waals surface area contributed by atoms with Crippen molar-refractivity contribution in [2.75, 3.05) is 0 Å². The van der Waals surface area contributed by atoms with Crippen molar-refractivity contribution in [1.82, 2.24) is 24.5 Å². The molecule has 0 saturated heterocycles. The summed E-state index contributed by atoms with van der Waals surface area (Å²) in [4.78, 5) is 16.9. The first kappa shape index (κ1) is 10.6. The predicted octanol–water partition coefficient (Wildman–Crippen LogP) is 2.03. The highest BCUT2D eigenvalue weighted by atomic mass is 15.1. The van der Waals surface area contributed by atoms with E-state index in [-0.39, 0.29) is 0 Å². The standard InChI is InChI=1S/C13H11N5/c1-10-3-2-4-11(17-10)13-15-7-8-18(13)12-5-6-14-9-16-12/h2-9H,1H3. The number of aryl methyl sites for hydroxylation is 1. The molecule has 18 heavy (non-hydrogen) atoms. The van der Waals surface area contributed by atoms with Gasteiger partial charge in [-0.1, -0.05) is 6.07 Å². The molecule has 0 atom stereocenters. The highest BCUT2D eigenvalue weighted by Gasteiger charge is 2.09. The van der Waals surface area contributed by atoms with Gasteiger partial charge in [0.15, 0.2) is 5.82 Å². The van der Waals surface area contributed by atoms with Gasteiger partial charge < -0.3 is 0 Å². The Morgan fingerprint density at radius 3 is 2.78 bits per heavy atom. The molecule has 0 N–H and O–H groups in total. The van der Waals surface area contributed by atoms with Crippen LogP contribution in [0.5, 0.6) is 0 Å². The predicted molar refractivity (Wildman–Crippen MR) is 67.1 cm³/mol. The Kier molecular flexibility index (Phi) is 2.57. The lowest BCUT2D eigenvalue weighted by atomic mass is 10.3. The van der Waals surface area contributed by atoms with Crippen LogP contribution in [-0.4, -0.2) is 24.5 Å². The molecule has 3 heterocycles. The minimum atomic E-state index is 0.775. The van der Waals surface area contributed by atoms with Crippen LogP contribution in [0.25, 0.3) is 17.3 Å². The van der Waals surface area contributed by atoms with Gasteiger partial charge in [0.2, 0.25) is 0 Å². The minimum Gasteiger partial charge on any atom is -0.282 e. The molecule has 3 aromatic heterocycles. The maximum atomic E-state index is 4.48. The van der Waals surface area contributed by atoms with Crippen LogP contribution >= 0.6 is 0 Å². The first-order valence-corrected chi connectivity index (χ1v) is 5.58. The van der Waals surface area contributed by atoms with Crippen LogP contribution in [0.2, 0.25) is 0 Å². The quantitative estimate of drug-likeness (QED) is 0.684. The molecule has 0 spiro atoms. The van der Waals surface area contributed by atoms with E-state index in [1.54, 1.807) is 12.4 Å². The second kappa shape index (κ2) is 4.37. The molecule has 0 radical (unpaired) electrons. The highest BCUT2D eigenvalue weighted by molar-refractivity contribution is 5.52. The van der Waals surface area contributed by atoms with Gasteiger partial charge in [0.05, 0.1) is 0 Å². The zero-order valence-electron chi connectivity index (χ0n) is 9.85. The molecule has 0 aliphatic carbocycles. The van der Waals surface area contributed by atoms with E-state index in [1.807, 2.05) is 42.0 Å². The Morgan fingerprint density at radius 2 is 2.00 bits per heavy atom. The van der Waals surface area contributed by atoms with Crippen molar-refractivity contribution in [3.05, 3.63) is 54.9 Å². The minimum absolute atomic E-state index is 0.775. The number of nitrogens with zero attached hydrogens (tertiary/aromatic N) is 5. The highest BCUT2D eigenvalue weighted by Crippen LogP contribution is 2.18. The van der Waals surface area contributed by atoms with Crippen LogP contribution < -0.4 is 0 Å². The summed E-state index contributed by atoms with van der Waals surface area (Å²) < 4.78 is 1.89. The third-order valence-corrected chi connectivity index (χ3v) is 2.57. The summed E-state index contributed by atoms with van der Waals surface area (Å²) in [6.07, 6.45) is 6.82. The number of pyridine rings is 1. The van der Waals surface area contributed by atoms with Crippen LogP contribution in [0.3, 0.4) is 0 Å². The summed E-state index contributed by atoms with van der Waals surface area (Å²) in [5.41, 5.74) is 1.79. The van der Waals surface area contributed by atoms with E-state index in [2.05, 4.69) is 19.9 Å². The maximum absolute atomic E-state index is 4.48. The molecule has 0 saturated carbocycles. The summed E-state index contributed by atoms with van der Waals surface area (Å²) in [5.74, 6) is 1.55. The van der Waals surface area contributed by atoms with Crippen molar-refractivity contribution in [2.24, 2.45) is 0 Å². The third-order valence-electron chi connectivity index (χ3n) is 2.57. The molecule has 3 rings (SSSR count). The van der Waals surface area contributed by atoms with Crippen molar-refractivity contribution in [2.45, 2.75) is 6.92 Å². The van der Waals surface area contributed by atoms with Gasteiger partial charge >= 0.3 is 0 Å². The molecule has 0 aromatic carbocycles. The van der Waals surface area contributed by atoms with Gasteiger partial charge in [-0.15, -0.1) is 0 Å². The average Bonchev–Trinajstić information content (AvgIpc) is 2.89. The normalized spacial score (nSPS) is 10.5. The first-order valence-electron chi connectivity index (χ1n) is 5.58. The van der Waals surface area contributed by atoms with Crippen molar-refractivity contribution in [3.8, 4) is 17.3 Å². The molecule has 5 heteroatoms. The summed E-state index contributed by atoms with van der Waals surface area (Å²) in [6, 6.07) is 7.70. The van der Waals surface area contributed by atoms with E-state index in [0.717, 1.165) is 23.0 Å². The van der Waals surface area contributed by atoms with Gasteiger partial charge in [-0.05, 0) is 25.1 Å². The number of imidazole rings is 1. The lowest BCUT2D eigenvalue weighted by Gasteiger charge is -2.06. The Balaban J connectivity index is 2.13. The van der Waals surface area contributed by atoms with E-state index in [9.17, 15) is 0 Å². The van der Waals surface area contributed by atoms with E-state index >= 15 is 0 Å². The molecule has 0 amide bonds. The topological polar surface area (TPSA) is 56.5 Å². The van der Waals surface area contributed by atoms with Gasteiger partial charge in [0, 0.05) is 24.3 Å². The number of hydrogen-bond donors (Lipinski definition) is 0. The summed E-state index contributed by atoms with van der Waals surface area (Å²) >= 11 is 0. The van der Waals surface area contributed by atoms with Crippen LogP contribution in [0, 0.1) is 6.92 Å². The van der Waals surface area contributed by atoms with Crippen LogP contribution in [0.15, 0.2) is 49.2 Å². The molecule has 0 bridgehead atoms. The second-order valence-corrected chi connectivity index (χ2v) is 3.85. The van der Waals surface area contributed by atoms with Crippen LogP contribution in [0.4, 0.5) is 0 Å². The fraction of sp³-hybridized carbons (Fsp3) is 0.0769. The van der Waals surface area contributed by atoms with Gasteiger partial charge in [0.1, 0.15) is 17.8 Å². The van der Waals surface area contributed by atoms with Crippen LogP contribution in [-0.2, 0) is 0 Å². The molecule has 3 aromatic rings. The average molecular weight is 237 g/mol. The Hall–Kier alpha value is -2.56. The monoisotopic (exact) mass is 237 g/mol. The summed E-state index contributed by atoms with van der Waals surface area (Å²) in [7, 11) is 0. The maximum Gasteiger partial charge on any atom is 0.164 e. The number of rotatable bonds is 2. The molecule has 0 fully saturated rings. The molecule has 0 aliphatic heterocycles. The van der Waals surface area contributed by atoms with E-state index in [1.165, 1.54) is 6.33 Å². The van der Waals surface area contributed by atoms with Crippen molar-refractivity contribution >= 4 is 0 Å². The zero-order valence-corrected chi connectivity index (χ0v) is 9.85. The lowest BCUT2D eigenvalue weighted by Crippen LogP contribution is -2.00. The van der Waals surface area contributed by atoms with Gasteiger partial charge in [-0.2, -0.15) is 0 Å². The Labute approximate surface area is 104 Å². The SMILES string of the molecule is Cc1cccc(-c2nccn2-c2ccncn2)n1. The van der Waals surface area contributed by atoms with Crippen molar-refractivity contribution in [3.63, 3.8) is 0 Å². The van der Waals surface area contributed by atoms with Crippen LogP contribution in [0.1, 0.15) is 5.69 Å². The molecule has 5 nitrogen and oxygen atoms in total. The zero-order chi connectivity index (χ0) is 12.4.